The molecule has 0 aromatic rings. The van der Waals surface area contributed by atoms with Crippen LogP contribution in [0.15, 0.2) is 0 Å². The van der Waals surface area contributed by atoms with Crippen LogP contribution in [-0.4, -0.2) is 46.1 Å². The standard InChI is InChI=1S/C16H27N2O6/c1-9-11(20)18(13(22)24-15(5,6)7)16(8,10-19)17-12(21)23-14(2,3)4/h9H2,1-8H3,(H,17,21)/t16-/m0/s1. The van der Waals surface area contributed by atoms with Crippen LogP contribution in [0.3, 0.4) is 0 Å². The van der Waals surface area contributed by atoms with Gasteiger partial charge in [0, 0.05) is 6.42 Å². The van der Waals surface area contributed by atoms with Gasteiger partial charge in [-0.05, 0) is 48.5 Å². The fourth-order valence-electron chi connectivity index (χ4n) is 1.63. The van der Waals surface area contributed by atoms with Crippen LogP contribution in [0.2, 0.25) is 0 Å². The number of hydrogen-bond acceptors (Lipinski definition) is 6. The number of carbonyl (C=O) groups is 3. The summed E-state index contributed by atoms with van der Waals surface area (Å²) < 4.78 is 10.2. The summed E-state index contributed by atoms with van der Waals surface area (Å²) in [6.45, 7) is 12.4. The van der Waals surface area contributed by atoms with Crippen molar-refractivity contribution >= 4 is 24.4 Å². The molecule has 1 N–H and O–H groups in total. The minimum Gasteiger partial charge on any atom is -0.444 e. The van der Waals surface area contributed by atoms with Gasteiger partial charge in [0.1, 0.15) is 11.2 Å². The van der Waals surface area contributed by atoms with E-state index in [0.29, 0.717) is 4.90 Å². The van der Waals surface area contributed by atoms with Gasteiger partial charge in [-0.1, -0.05) is 6.92 Å². The van der Waals surface area contributed by atoms with Crippen molar-refractivity contribution in [3.8, 4) is 0 Å². The molecule has 3 amide bonds. The summed E-state index contributed by atoms with van der Waals surface area (Å²) in [5, 5.41) is 2.20. The Hall–Kier alpha value is -2.12. The monoisotopic (exact) mass is 343 g/mol. The minimum atomic E-state index is -2.06. The van der Waals surface area contributed by atoms with Gasteiger partial charge in [0.05, 0.1) is 0 Å². The van der Waals surface area contributed by atoms with Gasteiger partial charge in [0.2, 0.25) is 12.2 Å². The van der Waals surface area contributed by atoms with Gasteiger partial charge in [-0.3, -0.25) is 14.9 Å². The summed E-state index contributed by atoms with van der Waals surface area (Å²) >= 11 is 0. The summed E-state index contributed by atoms with van der Waals surface area (Å²) in [5.74, 6) is -0.703. The van der Waals surface area contributed by atoms with Crippen molar-refractivity contribution in [2.75, 3.05) is 0 Å². The van der Waals surface area contributed by atoms with E-state index in [1.54, 1.807) is 41.5 Å². The Morgan fingerprint density at radius 3 is 1.75 bits per heavy atom. The zero-order valence-electron chi connectivity index (χ0n) is 15.6. The van der Waals surface area contributed by atoms with Crippen LogP contribution in [0.1, 0.15) is 61.8 Å². The lowest BCUT2D eigenvalue weighted by molar-refractivity contribution is -0.134. The summed E-state index contributed by atoms with van der Waals surface area (Å²) in [7, 11) is 0. The van der Waals surface area contributed by atoms with E-state index in [2.05, 4.69) is 5.32 Å². The highest BCUT2D eigenvalue weighted by atomic mass is 16.6. The molecule has 1 radical (unpaired) electrons. The maximum absolute atomic E-state index is 12.3. The lowest BCUT2D eigenvalue weighted by Gasteiger charge is -2.36. The summed E-state index contributed by atoms with van der Waals surface area (Å²) in [4.78, 5) is 48.5. The second kappa shape index (κ2) is 7.63. The van der Waals surface area contributed by atoms with Gasteiger partial charge in [-0.15, -0.1) is 0 Å². The molecule has 0 heterocycles. The first-order valence-electron chi connectivity index (χ1n) is 7.61. The summed E-state index contributed by atoms with van der Waals surface area (Å²) in [5.41, 5.74) is -3.77. The number of ether oxygens (including phenoxy) is 2. The molecule has 0 spiro atoms. The molecule has 0 saturated carbocycles. The van der Waals surface area contributed by atoms with Crippen LogP contribution < -0.4 is 5.32 Å². The number of amides is 3. The number of alkyl carbamates (subject to hydrolysis) is 1. The van der Waals surface area contributed by atoms with Crippen molar-refractivity contribution in [1.29, 1.82) is 0 Å². The van der Waals surface area contributed by atoms with Crippen molar-refractivity contribution in [2.45, 2.75) is 78.7 Å². The molecule has 137 valence electrons. The summed E-state index contributed by atoms with van der Waals surface area (Å²) in [6, 6.07) is 0. The van der Waals surface area contributed by atoms with Gasteiger partial charge in [-0.25, -0.2) is 14.5 Å². The molecular weight excluding hydrogens is 316 g/mol. The van der Waals surface area contributed by atoms with E-state index in [0.717, 1.165) is 0 Å². The Morgan fingerprint density at radius 2 is 1.42 bits per heavy atom. The van der Waals surface area contributed by atoms with Crippen molar-refractivity contribution in [2.24, 2.45) is 0 Å². The Morgan fingerprint density at radius 1 is 0.958 bits per heavy atom. The highest BCUT2D eigenvalue weighted by molar-refractivity contribution is 5.97. The number of rotatable bonds is 4. The van der Waals surface area contributed by atoms with Crippen LogP contribution in [0.25, 0.3) is 0 Å². The molecule has 0 bridgehead atoms. The Labute approximate surface area is 142 Å². The lowest BCUT2D eigenvalue weighted by Crippen LogP contribution is -2.64. The molecule has 24 heavy (non-hydrogen) atoms. The number of hydrogen-bond donors (Lipinski definition) is 1. The zero-order chi connectivity index (χ0) is 19.3. The van der Waals surface area contributed by atoms with Crippen LogP contribution >= 0.6 is 0 Å². The average molecular weight is 343 g/mol. The largest absolute Gasteiger partial charge is 0.444 e. The topological polar surface area (TPSA) is 102 Å². The third kappa shape index (κ3) is 6.97. The fourth-order valence-corrected chi connectivity index (χ4v) is 1.63. The highest BCUT2D eigenvalue weighted by Crippen LogP contribution is 2.18. The molecule has 0 saturated heterocycles. The van der Waals surface area contributed by atoms with Gasteiger partial charge >= 0.3 is 12.2 Å². The number of imide groups is 1. The molecule has 0 aliphatic carbocycles. The first kappa shape index (κ1) is 21.9. The molecule has 0 aliphatic heterocycles. The van der Waals surface area contributed by atoms with E-state index < -0.39 is 35.0 Å². The molecule has 0 rings (SSSR count). The molecule has 0 aliphatic rings. The normalized spacial score (nSPS) is 14.2. The molecule has 0 aromatic heterocycles. The van der Waals surface area contributed by atoms with Crippen molar-refractivity contribution in [3.63, 3.8) is 0 Å². The molecular formula is C16H27N2O6. The first-order valence-corrected chi connectivity index (χ1v) is 7.61. The van der Waals surface area contributed by atoms with E-state index in [4.69, 9.17) is 9.47 Å². The van der Waals surface area contributed by atoms with E-state index >= 15 is 0 Å². The van der Waals surface area contributed by atoms with Crippen molar-refractivity contribution in [3.05, 3.63) is 0 Å². The molecule has 0 fully saturated rings. The van der Waals surface area contributed by atoms with Gasteiger partial charge in [0.25, 0.3) is 0 Å². The maximum Gasteiger partial charge on any atom is 0.419 e. The fraction of sp³-hybridized carbons (Fsp3) is 0.750. The van der Waals surface area contributed by atoms with Crippen molar-refractivity contribution < 1.29 is 28.7 Å². The predicted octanol–water partition coefficient (Wildman–Crippen LogP) is 2.51. The van der Waals surface area contributed by atoms with E-state index in [-0.39, 0.29) is 6.42 Å². The zero-order valence-corrected chi connectivity index (χ0v) is 15.6. The van der Waals surface area contributed by atoms with E-state index in [1.807, 2.05) is 0 Å². The van der Waals surface area contributed by atoms with Gasteiger partial charge < -0.3 is 9.47 Å². The summed E-state index contributed by atoms with van der Waals surface area (Å²) in [6.07, 6.45) is -0.583. The molecule has 8 heteroatoms. The van der Waals surface area contributed by atoms with Crippen LogP contribution in [-0.2, 0) is 19.1 Å². The van der Waals surface area contributed by atoms with E-state index in [1.165, 1.54) is 20.1 Å². The maximum atomic E-state index is 12.3. The molecule has 8 nitrogen and oxygen atoms in total. The first-order chi connectivity index (χ1) is 10.6. The van der Waals surface area contributed by atoms with Crippen LogP contribution in [0.4, 0.5) is 9.59 Å². The van der Waals surface area contributed by atoms with Crippen LogP contribution in [0, 0.1) is 0 Å². The third-order valence-electron chi connectivity index (χ3n) is 2.52. The second-order valence-electron chi connectivity index (χ2n) is 7.36. The quantitative estimate of drug-likeness (QED) is 0.787. The highest BCUT2D eigenvalue weighted by Gasteiger charge is 2.44. The predicted molar refractivity (Wildman–Crippen MR) is 86.8 cm³/mol. The minimum absolute atomic E-state index is 0.0769. The lowest BCUT2D eigenvalue weighted by atomic mass is 10.1. The molecule has 1 atom stereocenters. The molecule has 0 aromatic carbocycles. The second-order valence-corrected chi connectivity index (χ2v) is 7.36. The van der Waals surface area contributed by atoms with E-state index in [9.17, 15) is 19.2 Å². The number of carbonyl (C=O) groups excluding carboxylic acids is 4. The average Bonchev–Trinajstić information content (AvgIpc) is 2.33. The SMILES string of the molecule is CCC(=O)N(C(=O)OC(C)(C)C)[C@@](C)([C]=O)NC(=O)OC(C)(C)C. The molecule has 0 unspecified atom stereocenters. The number of nitrogens with zero attached hydrogens (tertiary/aromatic N) is 1. The van der Waals surface area contributed by atoms with Gasteiger partial charge in [0.15, 0.2) is 5.66 Å². The Kier molecular flexibility index (Phi) is 6.96. The smallest absolute Gasteiger partial charge is 0.419 e. The van der Waals surface area contributed by atoms with Crippen LogP contribution in [0.5, 0.6) is 0 Å². The van der Waals surface area contributed by atoms with Gasteiger partial charge in [-0.2, -0.15) is 0 Å². The Bertz CT molecular complexity index is 504. The van der Waals surface area contributed by atoms with Crippen molar-refractivity contribution in [1.82, 2.24) is 10.2 Å². The number of nitrogens with one attached hydrogen (secondary N) is 1. The Balaban J connectivity index is 5.60. The third-order valence-corrected chi connectivity index (χ3v) is 2.52.